The zero-order valence-corrected chi connectivity index (χ0v) is 19.0. The van der Waals surface area contributed by atoms with Gasteiger partial charge in [-0.25, -0.2) is 0 Å². The third-order valence-corrected chi connectivity index (χ3v) is 5.57. The molecular formula is C25H34N2O4. The summed E-state index contributed by atoms with van der Waals surface area (Å²) in [5.74, 6) is 1.41. The summed E-state index contributed by atoms with van der Waals surface area (Å²) < 4.78 is 16.4. The number of hydrogen-bond acceptors (Lipinski definition) is 5. The highest BCUT2D eigenvalue weighted by Gasteiger charge is 2.22. The molecule has 6 nitrogen and oxygen atoms in total. The molecule has 1 heterocycles. The van der Waals surface area contributed by atoms with Gasteiger partial charge in [-0.3, -0.25) is 9.69 Å². The Morgan fingerprint density at radius 1 is 1.03 bits per heavy atom. The first kappa shape index (κ1) is 23.1. The van der Waals surface area contributed by atoms with Gasteiger partial charge in [0.2, 0.25) is 5.91 Å². The molecule has 0 aromatic heterocycles. The van der Waals surface area contributed by atoms with Gasteiger partial charge in [0.15, 0.2) is 11.5 Å². The number of ether oxygens (including phenoxy) is 3. The van der Waals surface area contributed by atoms with Crippen LogP contribution in [0.2, 0.25) is 0 Å². The lowest BCUT2D eigenvalue weighted by Gasteiger charge is -2.35. The van der Waals surface area contributed by atoms with Crippen LogP contribution in [-0.4, -0.2) is 50.3 Å². The zero-order chi connectivity index (χ0) is 22.2. The molecule has 2 atom stereocenters. The second kappa shape index (κ2) is 11.2. The number of hydrogen-bond donors (Lipinski definition) is 1. The average molecular weight is 427 g/mol. The molecule has 2 aromatic carbocycles. The minimum Gasteiger partial charge on any atom is -0.493 e. The number of nitrogens with zero attached hydrogens (tertiary/aromatic N) is 1. The van der Waals surface area contributed by atoms with Gasteiger partial charge in [-0.1, -0.05) is 30.3 Å². The number of rotatable bonds is 9. The maximum atomic E-state index is 12.5. The van der Waals surface area contributed by atoms with E-state index in [-0.39, 0.29) is 18.1 Å². The Bertz CT molecular complexity index is 860. The molecule has 1 N–H and O–H groups in total. The van der Waals surface area contributed by atoms with Crippen molar-refractivity contribution in [1.82, 2.24) is 10.2 Å². The van der Waals surface area contributed by atoms with Crippen molar-refractivity contribution in [1.29, 1.82) is 0 Å². The van der Waals surface area contributed by atoms with Crippen molar-refractivity contribution < 1.29 is 19.0 Å². The summed E-state index contributed by atoms with van der Waals surface area (Å²) in [6, 6.07) is 14.1. The highest BCUT2D eigenvalue weighted by Crippen LogP contribution is 2.28. The van der Waals surface area contributed by atoms with Crippen LogP contribution in [-0.2, 0) is 29.0 Å². The van der Waals surface area contributed by atoms with Crippen molar-refractivity contribution >= 4 is 5.91 Å². The molecule has 0 unspecified atom stereocenters. The Balaban J connectivity index is 1.52. The molecule has 31 heavy (non-hydrogen) atoms. The van der Waals surface area contributed by atoms with Crippen LogP contribution in [0, 0.1) is 0 Å². The van der Waals surface area contributed by atoms with Crippen molar-refractivity contribution in [3.05, 3.63) is 59.2 Å². The van der Waals surface area contributed by atoms with E-state index in [2.05, 4.69) is 42.3 Å². The summed E-state index contributed by atoms with van der Waals surface area (Å²) in [5, 5.41) is 3.08. The van der Waals surface area contributed by atoms with Crippen LogP contribution in [0.3, 0.4) is 0 Å². The number of aryl methyl sites for hydroxylation is 1. The molecule has 1 aliphatic heterocycles. The molecule has 3 rings (SSSR count). The second-order valence-corrected chi connectivity index (χ2v) is 8.19. The van der Waals surface area contributed by atoms with Crippen LogP contribution < -0.4 is 14.8 Å². The molecule has 2 aromatic rings. The van der Waals surface area contributed by atoms with Crippen molar-refractivity contribution in [2.24, 2.45) is 0 Å². The largest absolute Gasteiger partial charge is 0.493 e. The number of amides is 1. The number of benzene rings is 2. The number of morpholine rings is 1. The van der Waals surface area contributed by atoms with Crippen molar-refractivity contribution in [2.75, 3.05) is 27.3 Å². The van der Waals surface area contributed by atoms with Gasteiger partial charge in [-0.2, -0.15) is 0 Å². The quantitative estimate of drug-likeness (QED) is 0.664. The molecule has 0 saturated carbocycles. The summed E-state index contributed by atoms with van der Waals surface area (Å²) in [5.41, 5.74) is 3.46. The summed E-state index contributed by atoms with van der Waals surface area (Å²) in [4.78, 5) is 14.9. The first-order chi connectivity index (χ1) is 15.0. The molecular weight excluding hydrogens is 392 g/mol. The molecule has 1 fully saturated rings. The molecule has 1 saturated heterocycles. The first-order valence-electron chi connectivity index (χ1n) is 10.9. The normalized spacial score (nSPS) is 19.1. The van der Waals surface area contributed by atoms with Gasteiger partial charge in [0.25, 0.3) is 0 Å². The SMILES string of the molecule is COc1ccc(CCC(=O)NCc2ccccc2CN2C[C@H](C)O[C@@H](C)C2)cc1OC. The fourth-order valence-electron chi connectivity index (χ4n) is 4.11. The van der Waals surface area contributed by atoms with Crippen LogP contribution in [0.5, 0.6) is 11.5 Å². The topological polar surface area (TPSA) is 60.0 Å². The van der Waals surface area contributed by atoms with Crippen LogP contribution in [0.15, 0.2) is 42.5 Å². The average Bonchev–Trinajstić information content (AvgIpc) is 2.76. The van der Waals surface area contributed by atoms with E-state index in [0.717, 1.165) is 30.8 Å². The zero-order valence-electron chi connectivity index (χ0n) is 19.0. The van der Waals surface area contributed by atoms with Gasteiger partial charge in [-0.05, 0) is 49.1 Å². The molecule has 1 aliphatic rings. The molecule has 0 radical (unpaired) electrons. The van der Waals surface area contributed by atoms with E-state index >= 15 is 0 Å². The molecule has 6 heteroatoms. The van der Waals surface area contributed by atoms with E-state index in [0.29, 0.717) is 30.9 Å². The molecule has 0 spiro atoms. The summed E-state index contributed by atoms with van der Waals surface area (Å²) in [6.07, 6.45) is 1.56. The van der Waals surface area contributed by atoms with E-state index in [4.69, 9.17) is 14.2 Å². The van der Waals surface area contributed by atoms with Gasteiger partial charge < -0.3 is 19.5 Å². The Morgan fingerprint density at radius 3 is 2.39 bits per heavy atom. The van der Waals surface area contributed by atoms with Gasteiger partial charge in [-0.15, -0.1) is 0 Å². The highest BCUT2D eigenvalue weighted by molar-refractivity contribution is 5.76. The summed E-state index contributed by atoms with van der Waals surface area (Å²) in [7, 11) is 3.23. The maximum Gasteiger partial charge on any atom is 0.220 e. The van der Waals surface area contributed by atoms with E-state index in [1.807, 2.05) is 24.3 Å². The van der Waals surface area contributed by atoms with Crippen LogP contribution in [0.25, 0.3) is 0 Å². The fraction of sp³-hybridized carbons (Fsp3) is 0.480. The highest BCUT2D eigenvalue weighted by atomic mass is 16.5. The smallest absolute Gasteiger partial charge is 0.220 e. The van der Waals surface area contributed by atoms with Crippen LogP contribution >= 0.6 is 0 Å². The van der Waals surface area contributed by atoms with Crippen LogP contribution in [0.1, 0.15) is 37.0 Å². The lowest BCUT2D eigenvalue weighted by Crippen LogP contribution is -2.45. The monoisotopic (exact) mass is 426 g/mol. The Hall–Kier alpha value is -2.57. The van der Waals surface area contributed by atoms with E-state index in [1.165, 1.54) is 5.56 Å². The second-order valence-electron chi connectivity index (χ2n) is 8.19. The van der Waals surface area contributed by atoms with Gasteiger partial charge in [0, 0.05) is 32.6 Å². The predicted octanol–water partition coefficient (Wildman–Crippen LogP) is 3.56. The van der Waals surface area contributed by atoms with E-state index < -0.39 is 0 Å². The van der Waals surface area contributed by atoms with E-state index in [9.17, 15) is 4.79 Å². The van der Waals surface area contributed by atoms with Gasteiger partial charge in [0.05, 0.1) is 26.4 Å². The van der Waals surface area contributed by atoms with E-state index in [1.54, 1.807) is 14.2 Å². The third-order valence-electron chi connectivity index (χ3n) is 5.57. The van der Waals surface area contributed by atoms with Gasteiger partial charge >= 0.3 is 0 Å². The minimum atomic E-state index is 0.0400. The molecule has 0 bridgehead atoms. The Kier molecular flexibility index (Phi) is 8.32. The van der Waals surface area contributed by atoms with Crippen molar-refractivity contribution in [3.8, 4) is 11.5 Å². The van der Waals surface area contributed by atoms with Gasteiger partial charge in [0.1, 0.15) is 0 Å². The number of carbonyl (C=O) groups is 1. The minimum absolute atomic E-state index is 0.0400. The van der Waals surface area contributed by atoms with Crippen molar-refractivity contribution in [2.45, 2.75) is 52.0 Å². The standard InChI is InChI=1S/C25H34N2O4/c1-18-15-27(16-19(2)31-18)17-22-8-6-5-7-21(22)14-26-25(28)12-10-20-9-11-23(29-3)24(13-20)30-4/h5-9,11,13,18-19H,10,12,14-17H2,1-4H3,(H,26,28)/t18-,19-/m0/s1. The number of nitrogens with one attached hydrogen (secondary N) is 1. The molecule has 1 amide bonds. The molecule has 168 valence electrons. The maximum absolute atomic E-state index is 12.5. The fourth-order valence-corrected chi connectivity index (χ4v) is 4.11. The number of carbonyl (C=O) groups excluding carboxylic acids is 1. The Morgan fingerprint density at radius 2 is 1.71 bits per heavy atom. The first-order valence-corrected chi connectivity index (χ1v) is 10.9. The predicted molar refractivity (Wildman–Crippen MR) is 121 cm³/mol. The summed E-state index contributed by atoms with van der Waals surface area (Å²) >= 11 is 0. The lowest BCUT2D eigenvalue weighted by molar-refractivity contribution is -0.121. The number of methoxy groups -OCH3 is 2. The molecule has 0 aliphatic carbocycles. The third kappa shape index (κ3) is 6.71. The summed E-state index contributed by atoms with van der Waals surface area (Å²) in [6.45, 7) is 7.50. The lowest BCUT2D eigenvalue weighted by atomic mass is 10.1. The van der Waals surface area contributed by atoms with Crippen molar-refractivity contribution in [3.63, 3.8) is 0 Å². The van der Waals surface area contributed by atoms with Crippen LogP contribution in [0.4, 0.5) is 0 Å². The Labute approximate surface area is 185 Å².